The van der Waals surface area contributed by atoms with Gasteiger partial charge in [0.2, 0.25) is 10.0 Å². The highest BCUT2D eigenvalue weighted by Gasteiger charge is 2.21. The maximum absolute atomic E-state index is 12.2. The zero-order valence-electron chi connectivity index (χ0n) is 10.9. The number of halogens is 2. The molecule has 0 radical (unpaired) electrons. The van der Waals surface area contributed by atoms with Crippen molar-refractivity contribution in [1.29, 1.82) is 0 Å². The Hall–Kier alpha value is -1.05. The van der Waals surface area contributed by atoms with Crippen molar-refractivity contribution in [3.8, 4) is 0 Å². The molecule has 0 heterocycles. The molecule has 0 saturated heterocycles. The van der Waals surface area contributed by atoms with Crippen molar-refractivity contribution >= 4 is 10.0 Å². The Balaban J connectivity index is 2.72. The van der Waals surface area contributed by atoms with Crippen LogP contribution in [0.5, 0.6) is 0 Å². The van der Waals surface area contributed by atoms with E-state index in [0.29, 0.717) is 16.4 Å². The zero-order valence-corrected chi connectivity index (χ0v) is 11.8. The van der Waals surface area contributed by atoms with E-state index in [9.17, 15) is 17.2 Å². The predicted molar refractivity (Wildman–Crippen MR) is 70.5 cm³/mol. The van der Waals surface area contributed by atoms with Crippen molar-refractivity contribution in [3.05, 3.63) is 35.4 Å². The normalized spacial score (nSPS) is 12.3. The molecule has 0 aliphatic heterocycles. The summed E-state index contributed by atoms with van der Waals surface area (Å²) in [6.07, 6.45) is -2.67. The predicted octanol–water partition coefficient (Wildman–Crippen LogP) is 1.43. The second-order valence-electron chi connectivity index (χ2n) is 4.27. The van der Waals surface area contributed by atoms with Crippen molar-refractivity contribution in [3.63, 3.8) is 0 Å². The summed E-state index contributed by atoms with van der Waals surface area (Å²) in [7, 11) is -0.715. The van der Waals surface area contributed by atoms with Gasteiger partial charge in [-0.3, -0.25) is 0 Å². The smallest absolute Gasteiger partial charge is 0.252 e. The van der Waals surface area contributed by atoms with Crippen LogP contribution in [0.1, 0.15) is 11.1 Å². The first-order valence-electron chi connectivity index (χ1n) is 5.79. The number of nitrogens with zero attached hydrogens (tertiary/aromatic N) is 1. The number of benzene rings is 1. The van der Waals surface area contributed by atoms with Crippen LogP contribution >= 0.6 is 0 Å². The van der Waals surface area contributed by atoms with E-state index >= 15 is 0 Å². The van der Waals surface area contributed by atoms with Gasteiger partial charge in [-0.15, -0.1) is 0 Å². The lowest BCUT2D eigenvalue weighted by molar-refractivity contribution is 0.126. The van der Waals surface area contributed by atoms with E-state index in [0.717, 1.165) is 12.6 Å². The standard InChI is InChI=1S/C12H18F2N2O2S/c1-15-7-10-3-5-11(6-4-10)9-19(17,18)16(2)8-12(13)14/h3-6,12,15H,7-9H2,1-2H3. The van der Waals surface area contributed by atoms with Crippen molar-refractivity contribution in [2.75, 3.05) is 20.6 Å². The molecule has 0 amide bonds. The minimum absolute atomic E-state index is 0.268. The molecule has 0 aliphatic carbocycles. The van der Waals surface area contributed by atoms with Gasteiger partial charge < -0.3 is 5.32 Å². The molecule has 4 nitrogen and oxygen atoms in total. The van der Waals surface area contributed by atoms with Gasteiger partial charge in [0.15, 0.2) is 0 Å². The Bertz CT molecular complexity index is 489. The summed E-state index contributed by atoms with van der Waals surface area (Å²) in [4.78, 5) is 0. The molecule has 1 aromatic carbocycles. The quantitative estimate of drug-likeness (QED) is 0.827. The Labute approximate surface area is 112 Å². The lowest BCUT2D eigenvalue weighted by Crippen LogP contribution is -2.32. The highest BCUT2D eigenvalue weighted by molar-refractivity contribution is 7.88. The largest absolute Gasteiger partial charge is 0.316 e. The highest BCUT2D eigenvalue weighted by Crippen LogP contribution is 2.12. The van der Waals surface area contributed by atoms with E-state index in [2.05, 4.69) is 5.32 Å². The van der Waals surface area contributed by atoms with Crippen molar-refractivity contribution in [2.45, 2.75) is 18.7 Å². The Morgan fingerprint density at radius 3 is 2.21 bits per heavy atom. The molecule has 1 aromatic rings. The maximum atomic E-state index is 12.2. The summed E-state index contributed by atoms with van der Waals surface area (Å²) in [5, 5.41) is 2.98. The molecule has 0 atom stereocenters. The molecule has 0 unspecified atom stereocenters. The third-order valence-electron chi connectivity index (χ3n) is 2.62. The monoisotopic (exact) mass is 292 g/mol. The molecule has 108 valence electrons. The minimum atomic E-state index is -3.70. The van der Waals surface area contributed by atoms with E-state index < -0.39 is 23.0 Å². The van der Waals surface area contributed by atoms with Crippen LogP contribution in [0.25, 0.3) is 0 Å². The molecule has 0 aliphatic rings. The molecule has 7 heteroatoms. The second-order valence-corrected chi connectivity index (χ2v) is 6.35. The lowest BCUT2D eigenvalue weighted by atomic mass is 10.1. The number of hydrogen-bond acceptors (Lipinski definition) is 3. The van der Waals surface area contributed by atoms with Gasteiger partial charge in [-0.1, -0.05) is 24.3 Å². The summed E-state index contributed by atoms with van der Waals surface area (Å²) in [5.41, 5.74) is 1.62. The van der Waals surface area contributed by atoms with Crippen LogP contribution in [0, 0.1) is 0 Å². The zero-order chi connectivity index (χ0) is 14.5. The van der Waals surface area contributed by atoms with Gasteiger partial charge in [0.1, 0.15) is 0 Å². The van der Waals surface area contributed by atoms with Crippen molar-refractivity contribution < 1.29 is 17.2 Å². The van der Waals surface area contributed by atoms with Gasteiger partial charge >= 0.3 is 0 Å². The molecule has 0 bridgehead atoms. The summed E-state index contributed by atoms with van der Waals surface area (Å²) >= 11 is 0. The van der Waals surface area contributed by atoms with E-state index in [4.69, 9.17) is 0 Å². The fourth-order valence-corrected chi connectivity index (χ4v) is 2.76. The number of alkyl halides is 2. The van der Waals surface area contributed by atoms with Crippen LogP contribution in [0.3, 0.4) is 0 Å². The third-order valence-corrected chi connectivity index (χ3v) is 4.42. The van der Waals surface area contributed by atoms with Crippen molar-refractivity contribution in [2.24, 2.45) is 0 Å². The van der Waals surface area contributed by atoms with E-state index in [1.54, 1.807) is 12.1 Å². The fourth-order valence-electron chi connectivity index (χ4n) is 1.59. The topological polar surface area (TPSA) is 49.4 Å². The number of hydrogen-bond donors (Lipinski definition) is 1. The van der Waals surface area contributed by atoms with Gasteiger partial charge in [0.05, 0.1) is 12.3 Å². The average molecular weight is 292 g/mol. The van der Waals surface area contributed by atoms with E-state index in [1.165, 1.54) is 0 Å². The summed E-state index contributed by atoms with van der Waals surface area (Å²) in [6, 6.07) is 7.02. The highest BCUT2D eigenvalue weighted by atomic mass is 32.2. The first-order chi connectivity index (χ1) is 8.85. The van der Waals surface area contributed by atoms with Crippen molar-refractivity contribution in [1.82, 2.24) is 9.62 Å². The van der Waals surface area contributed by atoms with E-state index in [1.807, 2.05) is 19.2 Å². The molecule has 19 heavy (non-hydrogen) atoms. The van der Waals surface area contributed by atoms with Crippen LogP contribution in [0.4, 0.5) is 8.78 Å². The molecule has 1 rings (SSSR count). The molecule has 0 spiro atoms. The van der Waals surface area contributed by atoms with Gasteiger partial charge in [-0.2, -0.15) is 4.31 Å². The maximum Gasteiger partial charge on any atom is 0.252 e. The van der Waals surface area contributed by atoms with Gasteiger partial charge in [-0.05, 0) is 18.2 Å². The lowest BCUT2D eigenvalue weighted by Gasteiger charge is -2.16. The third kappa shape index (κ3) is 5.22. The fraction of sp³-hybridized carbons (Fsp3) is 0.500. The Morgan fingerprint density at radius 2 is 1.74 bits per heavy atom. The summed E-state index contributed by atoms with van der Waals surface area (Å²) < 4.78 is 48.7. The van der Waals surface area contributed by atoms with E-state index in [-0.39, 0.29) is 5.75 Å². The molecular weight excluding hydrogens is 274 g/mol. The number of rotatable bonds is 7. The van der Waals surface area contributed by atoms with Gasteiger partial charge in [0, 0.05) is 13.6 Å². The van der Waals surface area contributed by atoms with Crippen LogP contribution in [-0.2, 0) is 22.3 Å². The van der Waals surface area contributed by atoms with Crippen LogP contribution < -0.4 is 5.32 Å². The molecule has 0 fully saturated rings. The summed E-state index contributed by atoms with van der Waals surface area (Å²) in [5.74, 6) is -0.268. The average Bonchev–Trinajstić information content (AvgIpc) is 2.31. The molecule has 0 saturated carbocycles. The second kappa shape index (κ2) is 6.93. The summed E-state index contributed by atoms with van der Waals surface area (Å²) in [6.45, 7) is -0.0848. The van der Waals surface area contributed by atoms with Gasteiger partial charge in [-0.25, -0.2) is 17.2 Å². The minimum Gasteiger partial charge on any atom is -0.316 e. The number of nitrogens with one attached hydrogen (secondary N) is 1. The van der Waals surface area contributed by atoms with Crippen LogP contribution in [-0.4, -0.2) is 39.8 Å². The molecule has 1 N–H and O–H groups in total. The first kappa shape index (κ1) is 16.0. The molecule has 0 aromatic heterocycles. The Kier molecular flexibility index (Phi) is 5.84. The Morgan fingerprint density at radius 1 is 1.21 bits per heavy atom. The molecular formula is C12H18F2N2O2S. The van der Waals surface area contributed by atoms with Gasteiger partial charge in [0.25, 0.3) is 6.43 Å². The van der Waals surface area contributed by atoms with Crippen LogP contribution in [0.2, 0.25) is 0 Å². The van der Waals surface area contributed by atoms with Crippen LogP contribution in [0.15, 0.2) is 24.3 Å². The first-order valence-corrected chi connectivity index (χ1v) is 7.40. The SMILES string of the molecule is CNCc1ccc(CS(=O)(=O)N(C)CC(F)F)cc1. The number of sulfonamides is 1.